The van der Waals surface area contributed by atoms with Crippen molar-refractivity contribution in [3.63, 3.8) is 0 Å². The molecule has 0 N–H and O–H groups in total. The summed E-state index contributed by atoms with van der Waals surface area (Å²) < 4.78 is 2.66. The standard InChI is InChI=1S/C11H25NSi/c1-5-9-11-13(10-6-2)12(7-3)8-4/h9,11,13H,5-8,10H2,1-4H3. The Labute approximate surface area is 85.5 Å². The highest BCUT2D eigenvalue weighted by Crippen LogP contribution is 2.05. The lowest BCUT2D eigenvalue weighted by Crippen LogP contribution is -2.37. The maximum atomic E-state index is 2.66. The van der Waals surface area contributed by atoms with Crippen molar-refractivity contribution in [2.24, 2.45) is 0 Å². The first-order chi connectivity index (χ1) is 6.29. The summed E-state index contributed by atoms with van der Waals surface area (Å²) in [5.41, 5.74) is 2.51. The molecule has 1 atom stereocenters. The summed E-state index contributed by atoms with van der Waals surface area (Å²) in [6, 6.07) is 1.43. The molecule has 0 heterocycles. The van der Waals surface area contributed by atoms with Gasteiger partial charge in [-0.2, -0.15) is 0 Å². The van der Waals surface area contributed by atoms with E-state index in [2.05, 4.69) is 44.0 Å². The lowest BCUT2D eigenvalue weighted by molar-refractivity contribution is 0.481. The summed E-state index contributed by atoms with van der Waals surface area (Å²) in [6.45, 7) is 11.5. The van der Waals surface area contributed by atoms with E-state index in [0.29, 0.717) is 0 Å². The Bertz CT molecular complexity index is 130. The molecule has 2 heteroatoms. The number of rotatable bonds is 7. The second-order valence-electron chi connectivity index (χ2n) is 3.41. The SMILES string of the molecule is CCC=C[SiH](CCC)N(CC)CC. The van der Waals surface area contributed by atoms with Crippen LogP contribution >= 0.6 is 0 Å². The van der Waals surface area contributed by atoms with E-state index in [1.54, 1.807) is 0 Å². The van der Waals surface area contributed by atoms with Gasteiger partial charge >= 0.3 is 0 Å². The minimum atomic E-state index is -0.714. The first kappa shape index (κ1) is 12.9. The average Bonchev–Trinajstić information content (AvgIpc) is 2.16. The van der Waals surface area contributed by atoms with Crippen LogP contribution in [0.5, 0.6) is 0 Å². The molecule has 0 aliphatic rings. The van der Waals surface area contributed by atoms with Crippen molar-refractivity contribution >= 4 is 8.96 Å². The zero-order valence-electron chi connectivity index (χ0n) is 9.71. The van der Waals surface area contributed by atoms with E-state index in [0.717, 1.165) is 0 Å². The van der Waals surface area contributed by atoms with Gasteiger partial charge in [-0.05, 0) is 25.6 Å². The lowest BCUT2D eigenvalue weighted by atomic mass is 10.5. The molecule has 0 amide bonds. The number of hydrogen-bond donors (Lipinski definition) is 0. The molecule has 0 rings (SSSR count). The highest BCUT2D eigenvalue weighted by Gasteiger charge is 2.12. The van der Waals surface area contributed by atoms with Gasteiger partial charge < -0.3 is 4.57 Å². The fraction of sp³-hybridized carbons (Fsp3) is 0.818. The second kappa shape index (κ2) is 8.51. The third kappa shape index (κ3) is 5.27. The molecule has 0 saturated heterocycles. The van der Waals surface area contributed by atoms with E-state index in [1.807, 2.05) is 0 Å². The van der Waals surface area contributed by atoms with Crippen LogP contribution < -0.4 is 0 Å². The lowest BCUT2D eigenvalue weighted by Gasteiger charge is -2.25. The molecule has 0 saturated carbocycles. The molecule has 0 aliphatic heterocycles. The molecule has 0 fully saturated rings. The maximum Gasteiger partial charge on any atom is 0.136 e. The molecule has 0 aliphatic carbocycles. The third-order valence-corrected chi connectivity index (χ3v) is 6.01. The van der Waals surface area contributed by atoms with E-state index < -0.39 is 8.96 Å². The van der Waals surface area contributed by atoms with E-state index >= 15 is 0 Å². The topological polar surface area (TPSA) is 3.24 Å². The predicted octanol–water partition coefficient (Wildman–Crippen LogP) is 2.97. The summed E-state index contributed by atoms with van der Waals surface area (Å²) in [7, 11) is -0.714. The maximum absolute atomic E-state index is 2.66. The monoisotopic (exact) mass is 199 g/mol. The van der Waals surface area contributed by atoms with E-state index in [4.69, 9.17) is 0 Å². The van der Waals surface area contributed by atoms with Gasteiger partial charge in [-0.25, -0.2) is 0 Å². The Kier molecular flexibility index (Phi) is 8.46. The van der Waals surface area contributed by atoms with Crippen LogP contribution in [0.3, 0.4) is 0 Å². The van der Waals surface area contributed by atoms with Crippen molar-refractivity contribution in [1.82, 2.24) is 4.57 Å². The molecular weight excluding hydrogens is 174 g/mol. The molecule has 78 valence electrons. The molecule has 13 heavy (non-hydrogen) atoms. The van der Waals surface area contributed by atoms with Crippen molar-refractivity contribution < 1.29 is 0 Å². The summed E-state index contributed by atoms with van der Waals surface area (Å²) >= 11 is 0. The van der Waals surface area contributed by atoms with Crippen LogP contribution in [0.2, 0.25) is 6.04 Å². The van der Waals surface area contributed by atoms with Gasteiger partial charge in [-0.15, -0.1) is 0 Å². The molecular formula is C11H25NSi. The van der Waals surface area contributed by atoms with Gasteiger partial charge in [0.25, 0.3) is 0 Å². The van der Waals surface area contributed by atoms with Crippen molar-refractivity contribution in [1.29, 1.82) is 0 Å². The molecule has 0 aromatic carbocycles. The zero-order chi connectivity index (χ0) is 10.1. The first-order valence-corrected chi connectivity index (χ1v) is 7.70. The highest BCUT2D eigenvalue weighted by molar-refractivity contribution is 6.61. The van der Waals surface area contributed by atoms with Crippen molar-refractivity contribution in [2.75, 3.05) is 13.1 Å². The highest BCUT2D eigenvalue weighted by atomic mass is 28.3. The number of allylic oxidation sites excluding steroid dienone is 1. The van der Waals surface area contributed by atoms with Gasteiger partial charge in [-0.3, -0.25) is 0 Å². The summed E-state index contributed by atoms with van der Waals surface area (Å²) in [5.74, 6) is 0. The number of hydrogen-bond acceptors (Lipinski definition) is 1. The Balaban J connectivity index is 4.11. The number of nitrogens with zero attached hydrogens (tertiary/aromatic N) is 1. The molecule has 1 nitrogen and oxygen atoms in total. The van der Waals surface area contributed by atoms with Crippen molar-refractivity contribution in [3.05, 3.63) is 11.8 Å². The Morgan fingerprint density at radius 3 is 2.08 bits per heavy atom. The third-order valence-electron chi connectivity index (χ3n) is 2.46. The van der Waals surface area contributed by atoms with E-state index in [-0.39, 0.29) is 0 Å². The largest absolute Gasteiger partial charge is 0.323 e. The van der Waals surface area contributed by atoms with Gasteiger partial charge in [0.1, 0.15) is 8.96 Å². The summed E-state index contributed by atoms with van der Waals surface area (Å²) in [6.07, 6.45) is 4.88. The quantitative estimate of drug-likeness (QED) is 0.570. The molecule has 0 aromatic rings. The molecule has 1 unspecified atom stereocenters. The molecule has 0 radical (unpaired) electrons. The normalized spacial score (nSPS) is 14.2. The first-order valence-electron chi connectivity index (χ1n) is 5.70. The minimum absolute atomic E-state index is 0.714. The van der Waals surface area contributed by atoms with Crippen LogP contribution in [0.1, 0.15) is 40.5 Å². The Hall–Kier alpha value is -0.0831. The van der Waals surface area contributed by atoms with Gasteiger partial charge in [0, 0.05) is 0 Å². The Morgan fingerprint density at radius 2 is 1.69 bits per heavy atom. The fourth-order valence-corrected chi connectivity index (χ4v) is 4.60. The van der Waals surface area contributed by atoms with Crippen LogP contribution in [0.4, 0.5) is 0 Å². The second-order valence-corrected chi connectivity index (χ2v) is 6.24. The minimum Gasteiger partial charge on any atom is -0.323 e. The summed E-state index contributed by atoms with van der Waals surface area (Å²) in [5, 5.41) is 0. The van der Waals surface area contributed by atoms with Crippen molar-refractivity contribution in [2.45, 2.75) is 46.6 Å². The zero-order valence-corrected chi connectivity index (χ0v) is 10.9. The Morgan fingerprint density at radius 1 is 1.08 bits per heavy atom. The van der Waals surface area contributed by atoms with Gasteiger partial charge in [0.15, 0.2) is 0 Å². The smallest absolute Gasteiger partial charge is 0.136 e. The molecule has 0 spiro atoms. The van der Waals surface area contributed by atoms with Gasteiger partial charge in [0.05, 0.1) is 0 Å². The van der Waals surface area contributed by atoms with Gasteiger partial charge in [-0.1, -0.05) is 45.9 Å². The van der Waals surface area contributed by atoms with Crippen LogP contribution in [-0.2, 0) is 0 Å². The van der Waals surface area contributed by atoms with Crippen LogP contribution in [-0.4, -0.2) is 26.6 Å². The van der Waals surface area contributed by atoms with E-state index in [9.17, 15) is 0 Å². The fourth-order valence-electron chi connectivity index (χ4n) is 1.68. The van der Waals surface area contributed by atoms with Gasteiger partial charge in [0.2, 0.25) is 0 Å². The predicted molar refractivity (Wildman–Crippen MR) is 64.6 cm³/mol. The average molecular weight is 199 g/mol. The van der Waals surface area contributed by atoms with Crippen LogP contribution in [0.25, 0.3) is 0 Å². The van der Waals surface area contributed by atoms with Crippen LogP contribution in [0.15, 0.2) is 11.8 Å². The molecule has 0 aromatic heterocycles. The van der Waals surface area contributed by atoms with Crippen molar-refractivity contribution in [3.8, 4) is 0 Å². The van der Waals surface area contributed by atoms with E-state index in [1.165, 1.54) is 32.0 Å². The van der Waals surface area contributed by atoms with Crippen LogP contribution in [0, 0.1) is 0 Å². The molecule has 0 bridgehead atoms. The summed E-state index contributed by atoms with van der Waals surface area (Å²) in [4.78, 5) is 0.